The van der Waals surface area contributed by atoms with Crippen molar-refractivity contribution in [3.05, 3.63) is 0 Å². The first-order valence-electron chi connectivity index (χ1n) is 8.78. The number of sulfone groups is 1. The molecule has 0 atom stereocenters. The van der Waals surface area contributed by atoms with Crippen molar-refractivity contribution in [1.82, 2.24) is 10.2 Å². The third kappa shape index (κ3) is 4.50. The number of piperidine rings is 1. The summed E-state index contributed by atoms with van der Waals surface area (Å²) in [6.45, 7) is 0.991. The van der Waals surface area contributed by atoms with Crippen molar-refractivity contribution in [2.75, 3.05) is 25.1 Å². The Balaban J connectivity index is 1.46. The zero-order valence-electron chi connectivity index (χ0n) is 14.5. The molecule has 0 aromatic rings. The molecule has 2 heterocycles. The van der Waals surface area contributed by atoms with E-state index in [2.05, 4.69) is 10.5 Å². The van der Waals surface area contributed by atoms with Gasteiger partial charge in [0.2, 0.25) is 5.91 Å². The van der Waals surface area contributed by atoms with Gasteiger partial charge in [0, 0.05) is 51.1 Å². The van der Waals surface area contributed by atoms with Gasteiger partial charge in [-0.1, -0.05) is 5.16 Å². The Bertz CT molecular complexity index is 676. The smallest absolute Gasteiger partial charge is 0.269 e. The maximum Gasteiger partial charge on any atom is 0.269 e. The number of nitrogens with one attached hydrogen (secondary N) is 1. The van der Waals surface area contributed by atoms with Crippen molar-refractivity contribution < 1.29 is 22.8 Å². The number of hydrogen-bond acceptors (Lipinski definition) is 6. The summed E-state index contributed by atoms with van der Waals surface area (Å²) in [6.07, 6.45) is 6.01. The fourth-order valence-electron chi connectivity index (χ4n) is 3.33. The molecule has 0 unspecified atom stereocenters. The van der Waals surface area contributed by atoms with E-state index in [1.165, 1.54) is 0 Å². The Morgan fingerprint density at radius 1 is 1.32 bits per heavy atom. The second kappa shape index (κ2) is 6.93. The number of likely N-dealkylation sites (tertiary alicyclic amines) is 1. The van der Waals surface area contributed by atoms with E-state index in [0.717, 1.165) is 25.5 Å². The molecule has 1 saturated heterocycles. The number of hydrogen-bond donors (Lipinski definition) is 1. The van der Waals surface area contributed by atoms with Crippen LogP contribution in [-0.2, 0) is 24.3 Å². The quantitative estimate of drug-likeness (QED) is 0.745. The molecule has 25 heavy (non-hydrogen) atoms. The first-order chi connectivity index (χ1) is 11.8. The third-order valence-electron chi connectivity index (χ3n) is 5.26. The van der Waals surface area contributed by atoms with E-state index in [0.29, 0.717) is 38.1 Å². The van der Waals surface area contributed by atoms with E-state index in [-0.39, 0.29) is 30.0 Å². The SMILES string of the molecule is CS(=O)(=O)CCC(=O)N1CCC2(CC1)CC(C(=O)NC1CCC1)=NO2. The number of carbonyl (C=O) groups excluding carboxylic acids is 2. The standard InChI is InChI=1S/C16H25N3O5S/c1-25(22,23)10-5-14(20)19-8-6-16(7-9-19)11-13(18-24-16)15(21)17-12-3-2-4-12/h12H,2-11H2,1H3,(H,17,21). The maximum atomic E-state index is 12.2. The second-order valence-electron chi connectivity index (χ2n) is 7.35. The summed E-state index contributed by atoms with van der Waals surface area (Å²) in [6, 6.07) is 0.265. The molecule has 8 nitrogen and oxygen atoms in total. The predicted octanol–water partition coefficient (Wildman–Crippen LogP) is 0.227. The van der Waals surface area contributed by atoms with Gasteiger partial charge in [0.05, 0.1) is 5.75 Å². The fourth-order valence-corrected chi connectivity index (χ4v) is 3.87. The molecule has 0 aromatic heterocycles. The highest BCUT2D eigenvalue weighted by atomic mass is 32.2. The van der Waals surface area contributed by atoms with Gasteiger partial charge in [-0.25, -0.2) is 8.42 Å². The molecule has 0 bridgehead atoms. The van der Waals surface area contributed by atoms with E-state index < -0.39 is 15.4 Å². The largest absolute Gasteiger partial charge is 0.388 e. The van der Waals surface area contributed by atoms with E-state index in [9.17, 15) is 18.0 Å². The minimum atomic E-state index is -3.14. The highest BCUT2D eigenvalue weighted by molar-refractivity contribution is 7.90. The van der Waals surface area contributed by atoms with Gasteiger partial charge in [0.25, 0.3) is 5.91 Å². The van der Waals surface area contributed by atoms with Gasteiger partial charge in [-0.3, -0.25) is 9.59 Å². The summed E-state index contributed by atoms with van der Waals surface area (Å²) >= 11 is 0. The van der Waals surface area contributed by atoms with Crippen LogP contribution in [0.25, 0.3) is 0 Å². The Hall–Kier alpha value is -1.64. The number of amides is 2. The molecule has 3 rings (SSSR count). The van der Waals surface area contributed by atoms with Crippen LogP contribution in [0.5, 0.6) is 0 Å². The lowest BCUT2D eigenvalue weighted by atomic mass is 9.86. The molecule has 1 aliphatic carbocycles. The maximum absolute atomic E-state index is 12.2. The Labute approximate surface area is 147 Å². The summed E-state index contributed by atoms with van der Waals surface area (Å²) in [7, 11) is -3.14. The molecule has 2 fully saturated rings. The summed E-state index contributed by atoms with van der Waals surface area (Å²) in [5, 5.41) is 6.95. The van der Waals surface area contributed by atoms with Crippen molar-refractivity contribution in [2.45, 2.75) is 56.6 Å². The normalized spacial score (nSPS) is 22.9. The molecular formula is C16H25N3O5S. The highest BCUT2D eigenvalue weighted by Crippen LogP contribution is 2.35. The lowest BCUT2D eigenvalue weighted by molar-refractivity contribution is -0.136. The van der Waals surface area contributed by atoms with Crippen molar-refractivity contribution in [3.63, 3.8) is 0 Å². The minimum Gasteiger partial charge on any atom is -0.388 e. The van der Waals surface area contributed by atoms with Crippen LogP contribution in [0.2, 0.25) is 0 Å². The Kier molecular flexibility index (Phi) is 5.04. The average Bonchev–Trinajstić information content (AvgIpc) is 2.92. The Morgan fingerprint density at radius 3 is 2.56 bits per heavy atom. The van der Waals surface area contributed by atoms with Crippen LogP contribution in [0.3, 0.4) is 0 Å². The van der Waals surface area contributed by atoms with Crippen LogP contribution >= 0.6 is 0 Å². The minimum absolute atomic E-state index is 0.0121. The summed E-state index contributed by atoms with van der Waals surface area (Å²) in [5.74, 6) is -0.422. The number of carbonyl (C=O) groups is 2. The molecule has 1 saturated carbocycles. The molecule has 0 aromatic carbocycles. The van der Waals surface area contributed by atoms with Crippen LogP contribution < -0.4 is 5.32 Å². The van der Waals surface area contributed by atoms with Crippen LogP contribution in [0, 0.1) is 0 Å². The van der Waals surface area contributed by atoms with Crippen LogP contribution in [0.15, 0.2) is 5.16 Å². The second-order valence-corrected chi connectivity index (χ2v) is 9.61. The first kappa shape index (κ1) is 18.2. The highest BCUT2D eigenvalue weighted by Gasteiger charge is 2.44. The topological polar surface area (TPSA) is 105 Å². The molecule has 140 valence electrons. The van der Waals surface area contributed by atoms with Gasteiger partial charge in [0.1, 0.15) is 21.1 Å². The zero-order valence-corrected chi connectivity index (χ0v) is 15.3. The third-order valence-corrected chi connectivity index (χ3v) is 6.20. The van der Waals surface area contributed by atoms with Gasteiger partial charge in [-0.15, -0.1) is 0 Å². The molecule has 3 aliphatic rings. The lowest BCUT2D eigenvalue weighted by Gasteiger charge is -2.37. The number of oxime groups is 1. The van der Waals surface area contributed by atoms with Crippen LogP contribution in [0.4, 0.5) is 0 Å². The number of rotatable bonds is 5. The Morgan fingerprint density at radius 2 is 2.00 bits per heavy atom. The monoisotopic (exact) mass is 371 g/mol. The summed E-state index contributed by atoms with van der Waals surface area (Å²) in [5.41, 5.74) is -0.0661. The van der Waals surface area contributed by atoms with Gasteiger partial charge < -0.3 is 15.1 Å². The average molecular weight is 371 g/mol. The fraction of sp³-hybridized carbons (Fsp3) is 0.812. The van der Waals surface area contributed by atoms with Crippen molar-refractivity contribution in [2.24, 2.45) is 5.16 Å². The molecule has 0 radical (unpaired) electrons. The van der Waals surface area contributed by atoms with E-state index in [1.54, 1.807) is 4.90 Å². The molecule has 2 amide bonds. The summed E-state index contributed by atoms with van der Waals surface area (Å²) < 4.78 is 22.4. The van der Waals surface area contributed by atoms with E-state index >= 15 is 0 Å². The first-order valence-corrected chi connectivity index (χ1v) is 10.8. The molecule has 2 aliphatic heterocycles. The molecule has 1 N–H and O–H groups in total. The van der Waals surface area contributed by atoms with E-state index in [4.69, 9.17) is 4.84 Å². The lowest BCUT2D eigenvalue weighted by Crippen LogP contribution is -2.48. The summed E-state index contributed by atoms with van der Waals surface area (Å²) in [4.78, 5) is 31.5. The van der Waals surface area contributed by atoms with Gasteiger partial charge in [0.15, 0.2) is 0 Å². The van der Waals surface area contributed by atoms with E-state index in [1.807, 2.05) is 0 Å². The zero-order chi connectivity index (χ0) is 18.1. The van der Waals surface area contributed by atoms with Gasteiger partial charge in [-0.2, -0.15) is 0 Å². The molecular weight excluding hydrogens is 346 g/mol. The number of nitrogens with zero attached hydrogens (tertiary/aromatic N) is 2. The van der Waals surface area contributed by atoms with Crippen LogP contribution in [0.1, 0.15) is 44.9 Å². The molecule has 1 spiro atoms. The molecule has 9 heteroatoms. The van der Waals surface area contributed by atoms with Gasteiger partial charge in [-0.05, 0) is 19.3 Å². The van der Waals surface area contributed by atoms with Crippen molar-refractivity contribution >= 4 is 27.4 Å². The van der Waals surface area contributed by atoms with Crippen molar-refractivity contribution in [1.29, 1.82) is 0 Å². The van der Waals surface area contributed by atoms with Crippen molar-refractivity contribution in [3.8, 4) is 0 Å². The van der Waals surface area contributed by atoms with Crippen LogP contribution in [-0.4, -0.2) is 67.6 Å². The predicted molar refractivity (Wildman–Crippen MR) is 91.8 cm³/mol. The van der Waals surface area contributed by atoms with Gasteiger partial charge >= 0.3 is 0 Å².